The van der Waals surface area contributed by atoms with Gasteiger partial charge < -0.3 is 4.90 Å². The van der Waals surface area contributed by atoms with Crippen molar-refractivity contribution in [2.24, 2.45) is 4.99 Å². The normalized spacial score (nSPS) is 26.4. The summed E-state index contributed by atoms with van der Waals surface area (Å²) in [5.74, 6) is 0.162. The van der Waals surface area contributed by atoms with Gasteiger partial charge in [0, 0.05) is 24.3 Å². The maximum absolute atomic E-state index is 12.2. The van der Waals surface area contributed by atoms with Crippen molar-refractivity contribution in [1.82, 2.24) is 9.88 Å². The van der Waals surface area contributed by atoms with Gasteiger partial charge in [-0.25, -0.2) is 0 Å². The molecular weight excluding hydrogens is 306 g/mol. The molecule has 0 saturated carbocycles. The lowest BCUT2D eigenvalue weighted by atomic mass is 9.95. The molecule has 1 atom stereocenters. The van der Waals surface area contributed by atoms with Gasteiger partial charge in [0.2, 0.25) is 5.91 Å². The Hall–Kier alpha value is -1.23. The second-order valence-corrected chi connectivity index (χ2v) is 6.19. The van der Waals surface area contributed by atoms with E-state index in [4.69, 9.17) is 4.99 Å². The van der Waals surface area contributed by atoms with Crippen molar-refractivity contribution in [2.75, 3.05) is 13.6 Å². The van der Waals surface area contributed by atoms with Crippen LogP contribution in [0.5, 0.6) is 0 Å². The van der Waals surface area contributed by atoms with E-state index < -0.39 is 5.54 Å². The Morgan fingerprint density at radius 3 is 2.89 bits per heavy atom. The molecular formula is C14H16BrN3O. The lowest BCUT2D eigenvalue weighted by Crippen LogP contribution is -2.35. The molecule has 1 fully saturated rings. The number of hydrogen-bond donors (Lipinski definition) is 0. The van der Waals surface area contributed by atoms with Crippen LogP contribution in [0.1, 0.15) is 30.5 Å². The topological polar surface area (TPSA) is 45.6 Å². The molecule has 3 rings (SSSR count). The SMILES string of the molecule is Cc1c(Br)ccnc1C1=N[C@@]2(CC1)CCN(C)C2=O. The summed E-state index contributed by atoms with van der Waals surface area (Å²) < 4.78 is 1.04. The number of hydrogen-bond acceptors (Lipinski definition) is 3. The highest BCUT2D eigenvalue weighted by atomic mass is 79.9. The average Bonchev–Trinajstić information content (AvgIpc) is 2.94. The Morgan fingerprint density at radius 2 is 2.21 bits per heavy atom. The second-order valence-electron chi connectivity index (χ2n) is 5.33. The van der Waals surface area contributed by atoms with E-state index in [9.17, 15) is 4.79 Å². The van der Waals surface area contributed by atoms with Gasteiger partial charge in [-0.3, -0.25) is 14.8 Å². The standard InChI is InChI=1S/C14H16BrN3O/c1-9-10(15)4-7-16-12(9)11-3-5-14(17-11)6-8-18(2)13(14)19/h4,7H,3,5-6,8H2,1-2H3/t14-/m0/s1. The van der Waals surface area contributed by atoms with Gasteiger partial charge in [0.1, 0.15) is 5.54 Å². The first-order valence-corrected chi connectivity index (χ1v) is 7.28. The van der Waals surface area contributed by atoms with Gasteiger partial charge in [-0.1, -0.05) is 15.9 Å². The van der Waals surface area contributed by atoms with Crippen LogP contribution in [-0.4, -0.2) is 40.6 Å². The number of aliphatic imine (C=N–C) groups is 1. The number of nitrogens with zero attached hydrogens (tertiary/aromatic N) is 3. The third-order valence-corrected chi connectivity index (χ3v) is 5.00. The van der Waals surface area contributed by atoms with Gasteiger partial charge >= 0.3 is 0 Å². The van der Waals surface area contributed by atoms with Crippen molar-refractivity contribution < 1.29 is 4.79 Å². The predicted molar refractivity (Wildman–Crippen MR) is 77.4 cm³/mol. The van der Waals surface area contributed by atoms with Crippen LogP contribution < -0.4 is 0 Å². The molecule has 1 aromatic heterocycles. The number of halogens is 1. The number of amides is 1. The Kier molecular flexibility index (Phi) is 2.96. The molecule has 0 unspecified atom stereocenters. The quantitative estimate of drug-likeness (QED) is 0.797. The molecule has 1 amide bonds. The molecule has 4 nitrogen and oxygen atoms in total. The molecule has 0 aromatic carbocycles. The molecule has 5 heteroatoms. The van der Waals surface area contributed by atoms with Crippen molar-refractivity contribution in [3.8, 4) is 0 Å². The summed E-state index contributed by atoms with van der Waals surface area (Å²) in [7, 11) is 1.85. The first kappa shape index (κ1) is 12.8. The number of rotatable bonds is 1. The van der Waals surface area contributed by atoms with E-state index in [0.29, 0.717) is 0 Å². The maximum Gasteiger partial charge on any atom is 0.250 e. The van der Waals surface area contributed by atoms with Crippen molar-refractivity contribution >= 4 is 27.5 Å². The van der Waals surface area contributed by atoms with Gasteiger partial charge in [0.05, 0.1) is 11.4 Å². The summed E-state index contributed by atoms with van der Waals surface area (Å²) in [6, 6.07) is 1.93. The highest BCUT2D eigenvalue weighted by Gasteiger charge is 2.48. The first-order valence-electron chi connectivity index (χ1n) is 6.49. The smallest absolute Gasteiger partial charge is 0.250 e. The number of pyridine rings is 1. The second kappa shape index (κ2) is 4.40. The lowest BCUT2D eigenvalue weighted by Gasteiger charge is -2.17. The molecule has 1 spiro atoms. The van der Waals surface area contributed by atoms with Crippen LogP contribution in [0.25, 0.3) is 0 Å². The molecule has 1 saturated heterocycles. The van der Waals surface area contributed by atoms with E-state index in [2.05, 4.69) is 20.9 Å². The van der Waals surface area contributed by atoms with Gasteiger partial charge in [-0.05, 0) is 37.8 Å². The van der Waals surface area contributed by atoms with Crippen LogP contribution in [-0.2, 0) is 4.79 Å². The van der Waals surface area contributed by atoms with E-state index in [1.165, 1.54) is 0 Å². The van der Waals surface area contributed by atoms with Crippen LogP contribution in [0, 0.1) is 6.92 Å². The number of aromatic nitrogens is 1. The monoisotopic (exact) mass is 321 g/mol. The van der Waals surface area contributed by atoms with Crippen molar-refractivity contribution in [3.63, 3.8) is 0 Å². The zero-order valence-electron chi connectivity index (χ0n) is 11.1. The summed E-state index contributed by atoms with van der Waals surface area (Å²) in [6.45, 7) is 2.84. The van der Waals surface area contributed by atoms with E-state index in [0.717, 1.165) is 47.2 Å². The molecule has 0 aliphatic carbocycles. The molecule has 0 bridgehead atoms. The Morgan fingerprint density at radius 1 is 1.42 bits per heavy atom. The van der Waals surface area contributed by atoms with Crippen molar-refractivity contribution in [2.45, 2.75) is 31.7 Å². The minimum Gasteiger partial charge on any atom is -0.344 e. The maximum atomic E-state index is 12.2. The Balaban J connectivity index is 2.00. The van der Waals surface area contributed by atoms with Crippen LogP contribution in [0.15, 0.2) is 21.7 Å². The Labute approximate surface area is 121 Å². The van der Waals surface area contributed by atoms with E-state index >= 15 is 0 Å². The number of carbonyl (C=O) groups excluding carboxylic acids is 1. The number of carbonyl (C=O) groups is 1. The summed E-state index contributed by atoms with van der Waals surface area (Å²) >= 11 is 3.52. The van der Waals surface area contributed by atoms with Gasteiger partial charge in [0.25, 0.3) is 0 Å². The fraction of sp³-hybridized carbons (Fsp3) is 0.500. The zero-order valence-corrected chi connectivity index (χ0v) is 12.7. The highest BCUT2D eigenvalue weighted by molar-refractivity contribution is 9.10. The summed E-state index contributed by atoms with van der Waals surface area (Å²) in [4.78, 5) is 23.2. The van der Waals surface area contributed by atoms with Crippen molar-refractivity contribution in [3.05, 3.63) is 28.0 Å². The molecule has 0 N–H and O–H groups in total. The van der Waals surface area contributed by atoms with E-state index in [-0.39, 0.29) is 5.91 Å². The minimum absolute atomic E-state index is 0.162. The average molecular weight is 322 g/mol. The Bertz CT molecular complexity index is 584. The molecule has 2 aliphatic heterocycles. The number of likely N-dealkylation sites (tertiary alicyclic amines) is 1. The molecule has 2 aliphatic rings. The fourth-order valence-electron chi connectivity index (χ4n) is 2.92. The summed E-state index contributed by atoms with van der Waals surface area (Å²) in [5.41, 5.74) is 2.49. The molecule has 19 heavy (non-hydrogen) atoms. The van der Waals surface area contributed by atoms with Crippen LogP contribution in [0.2, 0.25) is 0 Å². The van der Waals surface area contributed by atoms with Gasteiger partial charge in [-0.2, -0.15) is 0 Å². The van der Waals surface area contributed by atoms with E-state index in [1.807, 2.05) is 20.0 Å². The molecule has 3 heterocycles. The zero-order chi connectivity index (χ0) is 13.6. The summed E-state index contributed by atoms with van der Waals surface area (Å²) in [6.07, 6.45) is 4.27. The fourth-order valence-corrected chi connectivity index (χ4v) is 3.23. The van der Waals surface area contributed by atoms with Crippen LogP contribution >= 0.6 is 15.9 Å². The van der Waals surface area contributed by atoms with Crippen LogP contribution in [0.3, 0.4) is 0 Å². The molecule has 0 radical (unpaired) electrons. The summed E-state index contributed by atoms with van der Waals surface area (Å²) in [5, 5.41) is 0. The molecule has 1 aromatic rings. The molecule has 100 valence electrons. The number of likely N-dealkylation sites (N-methyl/N-ethyl adjacent to an activating group) is 1. The van der Waals surface area contributed by atoms with E-state index in [1.54, 1.807) is 11.1 Å². The largest absolute Gasteiger partial charge is 0.344 e. The van der Waals surface area contributed by atoms with Crippen molar-refractivity contribution in [1.29, 1.82) is 0 Å². The van der Waals surface area contributed by atoms with Gasteiger partial charge in [-0.15, -0.1) is 0 Å². The predicted octanol–water partition coefficient (Wildman–Crippen LogP) is 2.34. The lowest BCUT2D eigenvalue weighted by molar-refractivity contribution is -0.130. The van der Waals surface area contributed by atoms with Crippen LogP contribution in [0.4, 0.5) is 0 Å². The minimum atomic E-state index is -0.499. The third-order valence-electron chi connectivity index (χ3n) is 4.14. The third kappa shape index (κ3) is 1.91. The highest BCUT2D eigenvalue weighted by Crippen LogP contribution is 2.37. The van der Waals surface area contributed by atoms with Gasteiger partial charge in [0.15, 0.2) is 0 Å². The first-order chi connectivity index (χ1) is 9.03.